The molecule has 0 amide bonds. The number of ether oxygens (including phenoxy) is 2. The van der Waals surface area contributed by atoms with Gasteiger partial charge in [0, 0.05) is 29.1 Å². The number of hydrogen-bond donors (Lipinski definition) is 1. The third-order valence-corrected chi connectivity index (χ3v) is 6.41. The Kier molecular flexibility index (Phi) is 6.11. The maximum Gasteiger partial charge on any atom is 0.240 e. The Balaban J connectivity index is 1.51. The van der Waals surface area contributed by atoms with Crippen LogP contribution in [0, 0.1) is 0 Å². The molecule has 3 rings (SSSR count). The van der Waals surface area contributed by atoms with E-state index in [1.165, 1.54) is 12.1 Å². The molecule has 0 radical (unpaired) electrons. The third kappa shape index (κ3) is 4.82. The molecule has 2 aromatic carbocycles. The molecule has 1 aliphatic rings. The Hall–Kier alpha value is -1.41. The largest absolute Gasteiger partial charge is 0.486 e. The summed E-state index contributed by atoms with van der Waals surface area (Å²) in [6.07, 6.45) is 0. The van der Waals surface area contributed by atoms with Crippen molar-refractivity contribution in [1.29, 1.82) is 0 Å². The predicted octanol–water partition coefficient (Wildman–Crippen LogP) is 3.32. The highest BCUT2D eigenvalue weighted by molar-refractivity contribution is 7.98. The van der Waals surface area contributed by atoms with Gasteiger partial charge in [-0.2, -0.15) is 11.8 Å². The van der Waals surface area contributed by atoms with Crippen LogP contribution in [-0.4, -0.2) is 33.9 Å². The van der Waals surface area contributed by atoms with Crippen molar-refractivity contribution in [3.8, 4) is 11.5 Å². The molecule has 0 spiro atoms. The van der Waals surface area contributed by atoms with Crippen molar-refractivity contribution in [3.63, 3.8) is 0 Å². The van der Waals surface area contributed by atoms with Crippen LogP contribution in [0.2, 0.25) is 5.02 Å². The second-order valence-corrected chi connectivity index (χ2v) is 8.63. The topological polar surface area (TPSA) is 64.6 Å². The summed E-state index contributed by atoms with van der Waals surface area (Å²) in [6.45, 7) is 1.23. The van der Waals surface area contributed by atoms with E-state index in [2.05, 4.69) is 4.72 Å². The van der Waals surface area contributed by atoms with E-state index in [-0.39, 0.29) is 4.90 Å². The van der Waals surface area contributed by atoms with Crippen molar-refractivity contribution in [2.75, 3.05) is 25.5 Å². The minimum absolute atomic E-state index is 0.174. The van der Waals surface area contributed by atoms with Gasteiger partial charge in [0.25, 0.3) is 0 Å². The Morgan fingerprint density at radius 3 is 2.64 bits per heavy atom. The highest BCUT2D eigenvalue weighted by Gasteiger charge is 2.18. The maximum atomic E-state index is 12.4. The molecule has 0 bridgehead atoms. The fourth-order valence-electron chi connectivity index (χ4n) is 2.32. The van der Waals surface area contributed by atoms with Gasteiger partial charge in [0.1, 0.15) is 13.2 Å². The summed E-state index contributed by atoms with van der Waals surface area (Å²) in [4.78, 5) is 0.174. The molecule has 0 saturated heterocycles. The molecule has 0 atom stereocenters. The first kappa shape index (κ1) is 18.4. The van der Waals surface area contributed by atoms with E-state index < -0.39 is 10.0 Å². The average Bonchev–Trinajstić information content (AvgIpc) is 2.62. The molecule has 1 aliphatic heterocycles. The van der Waals surface area contributed by atoms with E-state index >= 15 is 0 Å². The zero-order valence-electron chi connectivity index (χ0n) is 13.4. The SMILES string of the molecule is O=S(=O)(NCCSCc1ccccc1Cl)c1ccc2c(c1)OCCO2. The number of rotatable bonds is 7. The molecule has 1 heterocycles. The van der Waals surface area contributed by atoms with Gasteiger partial charge in [-0.3, -0.25) is 0 Å². The van der Waals surface area contributed by atoms with Gasteiger partial charge in [-0.1, -0.05) is 29.8 Å². The fourth-order valence-corrected chi connectivity index (χ4v) is 4.64. The number of hydrogen-bond acceptors (Lipinski definition) is 5. The molecular formula is C17H18ClNO4S2. The van der Waals surface area contributed by atoms with Crippen LogP contribution in [0.1, 0.15) is 5.56 Å². The lowest BCUT2D eigenvalue weighted by Crippen LogP contribution is -2.26. The summed E-state index contributed by atoms with van der Waals surface area (Å²) >= 11 is 7.72. The van der Waals surface area contributed by atoms with Gasteiger partial charge in [0.05, 0.1) is 4.90 Å². The van der Waals surface area contributed by atoms with E-state index in [4.69, 9.17) is 21.1 Å². The van der Waals surface area contributed by atoms with Crippen molar-refractivity contribution in [1.82, 2.24) is 4.72 Å². The molecule has 0 fully saturated rings. The Morgan fingerprint density at radius 2 is 1.84 bits per heavy atom. The monoisotopic (exact) mass is 399 g/mol. The Morgan fingerprint density at radius 1 is 1.08 bits per heavy atom. The van der Waals surface area contributed by atoms with Crippen LogP contribution < -0.4 is 14.2 Å². The van der Waals surface area contributed by atoms with E-state index in [1.807, 2.05) is 24.3 Å². The molecule has 25 heavy (non-hydrogen) atoms. The van der Waals surface area contributed by atoms with Gasteiger partial charge >= 0.3 is 0 Å². The molecule has 0 aromatic heterocycles. The molecule has 134 valence electrons. The van der Waals surface area contributed by atoms with Crippen LogP contribution in [0.25, 0.3) is 0 Å². The average molecular weight is 400 g/mol. The molecule has 1 N–H and O–H groups in total. The van der Waals surface area contributed by atoms with Crippen LogP contribution in [0.3, 0.4) is 0 Å². The van der Waals surface area contributed by atoms with Crippen molar-refractivity contribution < 1.29 is 17.9 Å². The molecule has 5 nitrogen and oxygen atoms in total. The number of thioether (sulfide) groups is 1. The van der Waals surface area contributed by atoms with E-state index in [0.717, 1.165) is 16.3 Å². The lowest BCUT2D eigenvalue weighted by molar-refractivity contribution is 0.171. The summed E-state index contributed by atoms with van der Waals surface area (Å²) < 4.78 is 38.2. The highest BCUT2D eigenvalue weighted by atomic mass is 35.5. The lowest BCUT2D eigenvalue weighted by atomic mass is 10.2. The van der Waals surface area contributed by atoms with Gasteiger partial charge < -0.3 is 9.47 Å². The number of fused-ring (bicyclic) bond motifs is 1. The minimum atomic E-state index is -3.57. The van der Waals surface area contributed by atoms with Gasteiger partial charge in [0.2, 0.25) is 10.0 Å². The molecule has 8 heteroatoms. The zero-order chi connectivity index (χ0) is 17.7. The van der Waals surface area contributed by atoms with Crippen LogP contribution in [0.5, 0.6) is 11.5 Å². The lowest BCUT2D eigenvalue weighted by Gasteiger charge is -2.18. The third-order valence-electron chi connectivity index (χ3n) is 3.58. The van der Waals surface area contributed by atoms with E-state index in [0.29, 0.717) is 37.0 Å². The van der Waals surface area contributed by atoms with Crippen molar-refractivity contribution >= 4 is 33.4 Å². The minimum Gasteiger partial charge on any atom is -0.486 e. The number of nitrogens with one attached hydrogen (secondary N) is 1. The highest BCUT2D eigenvalue weighted by Crippen LogP contribution is 2.32. The molecule has 0 aliphatic carbocycles. The van der Waals surface area contributed by atoms with Gasteiger partial charge in [-0.15, -0.1) is 0 Å². The summed E-state index contributed by atoms with van der Waals surface area (Å²) in [6, 6.07) is 12.3. The van der Waals surface area contributed by atoms with E-state index in [9.17, 15) is 8.42 Å². The fraction of sp³-hybridized carbons (Fsp3) is 0.294. The second-order valence-electron chi connectivity index (χ2n) is 5.35. The zero-order valence-corrected chi connectivity index (χ0v) is 15.8. The number of halogens is 1. The first-order chi connectivity index (χ1) is 12.1. The van der Waals surface area contributed by atoms with Crippen molar-refractivity contribution in [3.05, 3.63) is 53.1 Å². The maximum absolute atomic E-state index is 12.4. The second kappa shape index (κ2) is 8.31. The van der Waals surface area contributed by atoms with Crippen LogP contribution in [0.4, 0.5) is 0 Å². The standard InChI is InChI=1S/C17H18ClNO4S2/c18-15-4-2-1-3-13(15)12-24-10-7-19-25(20,21)14-5-6-16-17(11-14)23-9-8-22-16/h1-6,11,19H,7-10,12H2. The van der Waals surface area contributed by atoms with Crippen LogP contribution >= 0.6 is 23.4 Å². The molecule has 0 saturated carbocycles. The van der Waals surface area contributed by atoms with Crippen molar-refractivity contribution in [2.24, 2.45) is 0 Å². The summed E-state index contributed by atoms with van der Waals surface area (Å²) in [7, 11) is -3.57. The quantitative estimate of drug-likeness (QED) is 0.723. The summed E-state index contributed by atoms with van der Waals surface area (Å²) in [5.41, 5.74) is 1.05. The smallest absolute Gasteiger partial charge is 0.240 e. The summed E-state index contributed by atoms with van der Waals surface area (Å²) in [5, 5.41) is 0.729. The molecule has 0 unspecified atom stereocenters. The first-order valence-corrected chi connectivity index (χ1v) is 10.8. The van der Waals surface area contributed by atoms with Gasteiger partial charge in [-0.25, -0.2) is 13.1 Å². The molecular weight excluding hydrogens is 382 g/mol. The first-order valence-electron chi connectivity index (χ1n) is 7.77. The Labute approximate surface area is 156 Å². The van der Waals surface area contributed by atoms with Crippen LogP contribution in [0.15, 0.2) is 47.4 Å². The van der Waals surface area contributed by atoms with E-state index in [1.54, 1.807) is 17.8 Å². The van der Waals surface area contributed by atoms with Crippen LogP contribution in [-0.2, 0) is 15.8 Å². The Bertz CT molecular complexity index is 842. The van der Waals surface area contributed by atoms with Crippen molar-refractivity contribution in [2.45, 2.75) is 10.6 Å². The number of sulfonamides is 1. The van der Waals surface area contributed by atoms with Gasteiger partial charge in [0.15, 0.2) is 11.5 Å². The van der Waals surface area contributed by atoms with Gasteiger partial charge in [-0.05, 0) is 23.8 Å². The molecule has 2 aromatic rings. The normalized spacial score (nSPS) is 13.6. The number of benzene rings is 2. The summed E-state index contributed by atoms with van der Waals surface area (Å²) in [5.74, 6) is 2.42. The predicted molar refractivity (Wildman–Crippen MR) is 100 cm³/mol.